The highest BCUT2D eigenvalue weighted by molar-refractivity contribution is 14.1. The standard InChI is InChI=1S/C14H10IN3O/c15-18-10-12(8-16-18)11-6-7-14(19)17(9-11)13-4-2-1-3-5-13/h1-10H. The first-order valence-electron chi connectivity index (χ1n) is 5.73. The number of aromatic nitrogens is 3. The fourth-order valence-corrected chi connectivity index (χ4v) is 2.32. The van der Waals surface area contributed by atoms with Crippen LogP contribution in [-0.4, -0.2) is 12.6 Å². The van der Waals surface area contributed by atoms with Crippen LogP contribution in [0.25, 0.3) is 16.8 Å². The number of hydrogen-bond acceptors (Lipinski definition) is 2. The van der Waals surface area contributed by atoms with E-state index in [4.69, 9.17) is 0 Å². The fraction of sp³-hybridized carbons (Fsp3) is 0. The van der Waals surface area contributed by atoms with Crippen molar-refractivity contribution in [2.24, 2.45) is 0 Å². The van der Waals surface area contributed by atoms with Crippen molar-refractivity contribution >= 4 is 22.9 Å². The van der Waals surface area contributed by atoms with Gasteiger partial charge >= 0.3 is 0 Å². The molecule has 0 spiro atoms. The van der Waals surface area contributed by atoms with Crippen LogP contribution in [0.5, 0.6) is 0 Å². The quantitative estimate of drug-likeness (QED) is 0.657. The minimum absolute atomic E-state index is 0.0446. The molecule has 5 heteroatoms. The largest absolute Gasteiger partial charge is 0.284 e. The third-order valence-electron chi connectivity index (χ3n) is 2.83. The van der Waals surface area contributed by atoms with E-state index in [9.17, 15) is 4.79 Å². The number of rotatable bonds is 2. The molecule has 0 radical (unpaired) electrons. The molecule has 0 atom stereocenters. The Morgan fingerprint density at radius 2 is 1.74 bits per heavy atom. The van der Waals surface area contributed by atoms with Crippen LogP contribution in [0, 0.1) is 0 Å². The predicted molar refractivity (Wildman–Crippen MR) is 82.7 cm³/mol. The van der Waals surface area contributed by atoms with Crippen molar-refractivity contribution in [1.29, 1.82) is 0 Å². The van der Waals surface area contributed by atoms with Crippen LogP contribution in [0.15, 0.2) is 65.8 Å². The lowest BCUT2D eigenvalue weighted by Gasteiger charge is -2.07. The third kappa shape index (κ3) is 2.46. The van der Waals surface area contributed by atoms with Gasteiger partial charge < -0.3 is 0 Å². The monoisotopic (exact) mass is 363 g/mol. The molecule has 0 fully saturated rings. The highest BCUT2D eigenvalue weighted by atomic mass is 127. The maximum Gasteiger partial charge on any atom is 0.255 e. The predicted octanol–water partition coefficient (Wildman–Crippen LogP) is 2.90. The fourth-order valence-electron chi connectivity index (χ4n) is 1.90. The average molecular weight is 363 g/mol. The van der Waals surface area contributed by atoms with Gasteiger partial charge in [-0.1, -0.05) is 18.2 Å². The number of pyridine rings is 1. The molecule has 0 aliphatic rings. The lowest BCUT2D eigenvalue weighted by atomic mass is 10.1. The lowest BCUT2D eigenvalue weighted by molar-refractivity contribution is 0.993. The van der Waals surface area contributed by atoms with Gasteiger partial charge in [0.15, 0.2) is 0 Å². The summed E-state index contributed by atoms with van der Waals surface area (Å²) in [4.78, 5) is 11.9. The van der Waals surface area contributed by atoms with Crippen molar-refractivity contribution in [2.45, 2.75) is 0 Å². The van der Waals surface area contributed by atoms with E-state index in [0.29, 0.717) is 0 Å². The molecule has 0 aliphatic heterocycles. The van der Waals surface area contributed by atoms with Crippen LogP contribution in [0.4, 0.5) is 0 Å². The number of nitrogens with zero attached hydrogens (tertiary/aromatic N) is 3. The maximum atomic E-state index is 11.9. The number of para-hydroxylation sites is 1. The van der Waals surface area contributed by atoms with Crippen LogP contribution in [0.3, 0.4) is 0 Å². The molecule has 0 bridgehead atoms. The van der Waals surface area contributed by atoms with E-state index >= 15 is 0 Å². The van der Waals surface area contributed by atoms with Crippen molar-refractivity contribution in [2.75, 3.05) is 0 Å². The minimum atomic E-state index is -0.0446. The summed E-state index contributed by atoms with van der Waals surface area (Å²) in [7, 11) is 0. The van der Waals surface area contributed by atoms with Crippen molar-refractivity contribution < 1.29 is 0 Å². The molecule has 0 saturated carbocycles. The molecule has 0 saturated heterocycles. The van der Waals surface area contributed by atoms with Crippen LogP contribution in [-0.2, 0) is 0 Å². The van der Waals surface area contributed by atoms with E-state index in [1.54, 1.807) is 19.7 Å². The molecule has 19 heavy (non-hydrogen) atoms. The summed E-state index contributed by atoms with van der Waals surface area (Å²) in [6, 6.07) is 13.0. The zero-order valence-electron chi connectivity index (χ0n) is 9.90. The topological polar surface area (TPSA) is 39.8 Å². The van der Waals surface area contributed by atoms with Crippen molar-refractivity contribution in [3.63, 3.8) is 0 Å². The van der Waals surface area contributed by atoms with E-state index in [1.807, 2.05) is 48.8 Å². The van der Waals surface area contributed by atoms with Crippen LogP contribution in [0.2, 0.25) is 0 Å². The van der Waals surface area contributed by atoms with Gasteiger partial charge in [0.25, 0.3) is 5.56 Å². The van der Waals surface area contributed by atoms with Gasteiger partial charge in [0.2, 0.25) is 0 Å². The van der Waals surface area contributed by atoms with Crippen LogP contribution < -0.4 is 5.56 Å². The van der Waals surface area contributed by atoms with Gasteiger partial charge in [0, 0.05) is 35.3 Å². The van der Waals surface area contributed by atoms with Gasteiger partial charge in [-0.15, -0.1) is 0 Å². The normalized spacial score (nSPS) is 10.6. The summed E-state index contributed by atoms with van der Waals surface area (Å²) in [5, 5.41) is 4.13. The first-order chi connectivity index (χ1) is 9.24. The maximum absolute atomic E-state index is 11.9. The zero-order chi connectivity index (χ0) is 13.2. The molecule has 0 unspecified atom stereocenters. The summed E-state index contributed by atoms with van der Waals surface area (Å²) in [6.07, 6.45) is 5.53. The molecule has 94 valence electrons. The second-order valence-corrected chi connectivity index (χ2v) is 5.07. The molecule has 4 nitrogen and oxygen atoms in total. The Balaban J connectivity index is 2.14. The van der Waals surface area contributed by atoms with Crippen molar-refractivity contribution in [1.82, 2.24) is 12.6 Å². The highest BCUT2D eigenvalue weighted by Gasteiger charge is 2.04. The second-order valence-electron chi connectivity index (χ2n) is 4.08. The molecule has 0 aliphatic carbocycles. The highest BCUT2D eigenvalue weighted by Crippen LogP contribution is 2.18. The van der Waals surface area contributed by atoms with Gasteiger partial charge in [-0.2, -0.15) is 5.10 Å². The first-order valence-corrected chi connectivity index (χ1v) is 6.70. The van der Waals surface area contributed by atoms with E-state index in [-0.39, 0.29) is 5.56 Å². The summed E-state index contributed by atoms with van der Waals surface area (Å²) < 4.78 is 3.35. The Hall–Kier alpha value is -1.89. The molecular weight excluding hydrogens is 353 g/mol. The number of benzene rings is 1. The molecule has 3 aromatic rings. The van der Waals surface area contributed by atoms with Gasteiger partial charge in [-0.3, -0.25) is 9.36 Å². The second kappa shape index (κ2) is 5.00. The van der Waals surface area contributed by atoms with E-state index in [2.05, 4.69) is 28.0 Å². The Kier molecular flexibility index (Phi) is 3.20. The minimum Gasteiger partial charge on any atom is -0.284 e. The first kappa shape index (κ1) is 12.2. The summed E-state index contributed by atoms with van der Waals surface area (Å²) >= 11 is 2.09. The molecule has 2 heterocycles. The van der Waals surface area contributed by atoms with Crippen molar-refractivity contribution in [3.05, 3.63) is 71.4 Å². The smallest absolute Gasteiger partial charge is 0.255 e. The van der Waals surface area contributed by atoms with Crippen LogP contribution >= 0.6 is 22.9 Å². The van der Waals surface area contributed by atoms with Gasteiger partial charge in [-0.25, -0.2) is 2.90 Å². The number of hydrogen-bond donors (Lipinski definition) is 0. The molecule has 1 aromatic carbocycles. The Morgan fingerprint density at radius 1 is 0.947 bits per heavy atom. The molecule has 3 rings (SSSR count). The van der Waals surface area contributed by atoms with Crippen LogP contribution in [0.1, 0.15) is 0 Å². The Labute approximate surface area is 123 Å². The van der Waals surface area contributed by atoms with Gasteiger partial charge in [0.1, 0.15) is 0 Å². The SMILES string of the molecule is O=c1ccc(-c2cnn(I)c2)cn1-c1ccccc1. The van der Waals surface area contributed by atoms with E-state index in [1.165, 1.54) is 0 Å². The summed E-state index contributed by atoms with van der Waals surface area (Å²) in [5.41, 5.74) is 2.76. The molecule has 0 N–H and O–H groups in total. The van der Waals surface area contributed by atoms with E-state index < -0.39 is 0 Å². The summed E-state index contributed by atoms with van der Waals surface area (Å²) in [5.74, 6) is 0. The van der Waals surface area contributed by atoms with Gasteiger partial charge in [0.05, 0.1) is 29.1 Å². The molecule has 2 aromatic heterocycles. The van der Waals surface area contributed by atoms with Gasteiger partial charge in [-0.05, 0) is 18.2 Å². The Bertz CT molecular complexity index is 762. The van der Waals surface area contributed by atoms with E-state index in [0.717, 1.165) is 16.8 Å². The van der Waals surface area contributed by atoms with Crippen molar-refractivity contribution in [3.8, 4) is 16.8 Å². The summed E-state index contributed by atoms with van der Waals surface area (Å²) in [6.45, 7) is 0. The lowest BCUT2D eigenvalue weighted by Crippen LogP contribution is -2.16. The number of halogens is 1. The Morgan fingerprint density at radius 3 is 2.42 bits per heavy atom. The third-order valence-corrected chi connectivity index (χ3v) is 3.36. The average Bonchev–Trinajstić information content (AvgIpc) is 2.87. The molecule has 0 amide bonds. The molecular formula is C14H10IN3O. The zero-order valence-corrected chi connectivity index (χ0v) is 12.1.